The van der Waals surface area contributed by atoms with Gasteiger partial charge >= 0.3 is 11.9 Å². The van der Waals surface area contributed by atoms with Gasteiger partial charge in [0.1, 0.15) is 11.5 Å². The fraction of sp³-hybridized carbons (Fsp3) is 0.640. The highest BCUT2D eigenvalue weighted by Crippen LogP contribution is 2.29. The third-order valence-electron chi connectivity index (χ3n) is 5.20. The molecular formula is C25H37NO6. The molecule has 3 unspecified atom stereocenters. The van der Waals surface area contributed by atoms with E-state index in [9.17, 15) is 14.9 Å². The third kappa shape index (κ3) is 8.97. The van der Waals surface area contributed by atoms with Crippen LogP contribution in [0.1, 0.15) is 75.7 Å². The Labute approximate surface area is 192 Å². The SMILES string of the molecule is CCOC(=O)C(C#N)CC(CCC(C)c1ccc(C(=O)OC(C)(C)C)cc1)C(OC)OC. The van der Waals surface area contributed by atoms with Crippen molar-refractivity contribution in [3.8, 4) is 6.07 Å². The molecule has 0 amide bonds. The molecule has 0 heterocycles. The molecule has 3 atom stereocenters. The van der Waals surface area contributed by atoms with E-state index in [1.807, 2.05) is 39.0 Å². The number of hydrogen-bond acceptors (Lipinski definition) is 7. The van der Waals surface area contributed by atoms with Crippen LogP contribution in [-0.4, -0.2) is 44.7 Å². The van der Waals surface area contributed by atoms with Crippen LogP contribution in [0.4, 0.5) is 0 Å². The average molecular weight is 448 g/mol. The molecule has 0 aliphatic carbocycles. The zero-order chi connectivity index (χ0) is 24.3. The molecule has 0 aliphatic rings. The van der Waals surface area contributed by atoms with E-state index in [-0.39, 0.29) is 24.4 Å². The molecule has 7 heteroatoms. The molecule has 1 rings (SSSR count). The summed E-state index contributed by atoms with van der Waals surface area (Å²) in [4.78, 5) is 24.3. The van der Waals surface area contributed by atoms with Crippen LogP contribution in [0.2, 0.25) is 0 Å². The van der Waals surface area contributed by atoms with Crippen molar-refractivity contribution in [1.29, 1.82) is 5.26 Å². The molecular weight excluding hydrogens is 410 g/mol. The summed E-state index contributed by atoms with van der Waals surface area (Å²) < 4.78 is 21.3. The Morgan fingerprint density at radius 3 is 2.12 bits per heavy atom. The molecule has 178 valence electrons. The zero-order valence-electron chi connectivity index (χ0n) is 20.3. The first-order valence-corrected chi connectivity index (χ1v) is 11.0. The summed E-state index contributed by atoms with van der Waals surface area (Å²) >= 11 is 0. The van der Waals surface area contributed by atoms with Crippen LogP contribution in [0.15, 0.2) is 24.3 Å². The standard InChI is InChI=1S/C25H37NO6/c1-8-31-22(27)21(16-26)15-20(24(29-6)30-7)10-9-17(2)18-11-13-19(14-12-18)23(28)32-25(3,4)5/h11-14,17,20-21,24H,8-10,15H2,1-7H3. The summed E-state index contributed by atoms with van der Waals surface area (Å²) in [5.74, 6) is -1.68. The Hall–Kier alpha value is -2.43. The van der Waals surface area contributed by atoms with E-state index < -0.39 is 23.8 Å². The van der Waals surface area contributed by atoms with Crippen molar-refractivity contribution in [1.82, 2.24) is 0 Å². The number of rotatable bonds is 12. The van der Waals surface area contributed by atoms with Crippen LogP contribution in [0.5, 0.6) is 0 Å². The molecule has 0 N–H and O–H groups in total. The minimum absolute atomic E-state index is 0.150. The van der Waals surface area contributed by atoms with Crippen molar-refractivity contribution >= 4 is 11.9 Å². The van der Waals surface area contributed by atoms with Crippen LogP contribution in [0, 0.1) is 23.2 Å². The second kappa shape index (κ2) is 13.2. The fourth-order valence-electron chi connectivity index (χ4n) is 3.51. The van der Waals surface area contributed by atoms with Gasteiger partial charge in [0.25, 0.3) is 0 Å². The Kier molecular flexibility index (Phi) is 11.4. The lowest BCUT2D eigenvalue weighted by atomic mass is 9.86. The van der Waals surface area contributed by atoms with Crippen molar-refractivity contribution < 1.29 is 28.5 Å². The second-order valence-electron chi connectivity index (χ2n) is 8.87. The van der Waals surface area contributed by atoms with Crippen molar-refractivity contribution in [2.75, 3.05) is 20.8 Å². The van der Waals surface area contributed by atoms with Gasteiger partial charge in [-0.25, -0.2) is 4.79 Å². The van der Waals surface area contributed by atoms with E-state index in [1.54, 1.807) is 33.3 Å². The van der Waals surface area contributed by atoms with Crippen LogP contribution in [0.3, 0.4) is 0 Å². The van der Waals surface area contributed by atoms with E-state index in [4.69, 9.17) is 18.9 Å². The van der Waals surface area contributed by atoms with E-state index in [0.717, 1.165) is 12.0 Å². The Bertz CT molecular complexity index is 758. The highest BCUT2D eigenvalue weighted by atomic mass is 16.7. The van der Waals surface area contributed by atoms with Gasteiger partial charge in [-0.15, -0.1) is 0 Å². The van der Waals surface area contributed by atoms with Gasteiger partial charge in [-0.2, -0.15) is 5.26 Å². The number of esters is 2. The maximum Gasteiger partial charge on any atom is 0.338 e. The second-order valence-corrected chi connectivity index (χ2v) is 8.87. The lowest BCUT2D eigenvalue weighted by Crippen LogP contribution is -2.29. The van der Waals surface area contributed by atoms with Gasteiger partial charge in [0.15, 0.2) is 6.29 Å². The number of nitrogens with zero attached hydrogens (tertiary/aromatic N) is 1. The van der Waals surface area contributed by atoms with E-state index in [1.165, 1.54) is 0 Å². The fourth-order valence-corrected chi connectivity index (χ4v) is 3.51. The number of hydrogen-bond donors (Lipinski definition) is 0. The summed E-state index contributed by atoms with van der Waals surface area (Å²) in [5, 5.41) is 9.43. The molecule has 1 aromatic rings. The molecule has 0 saturated carbocycles. The molecule has 0 aliphatic heterocycles. The molecule has 0 bridgehead atoms. The Morgan fingerprint density at radius 1 is 1.06 bits per heavy atom. The van der Waals surface area contributed by atoms with Crippen molar-refractivity contribution in [2.45, 2.75) is 71.7 Å². The molecule has 0 spiro atoms. The molecule has 0 fully saturated rings. The lowest BCUT2D eigenvalue weighted by molar-refractivity contribution is -0.154. The van der Waals surface area contributed by atoms with E-state index in [0.29, 0.717) is 18.4 Å². The molecule has 0 aromatic heterocycles. The Balaban J connectivity index is 2.83. The predicted octanol–water partition coefficient (Wildman–Crippen LogP) is 4.85. The number of methoxy groups -OCH3 is 2. The maximum atomic E-state index is 12.2. The minimum Gasteiger partial charge on any atom is -0.465 e. The number of benzene rings is 1. The predicted molar refractivity (Wildman–Crippen MR) is 121 cm³/mol. The molecule has 0 saturated heterocycles. The molecule has 32 heavy (non-hydrogen) atoms. The number of carbonyl (C=O) groups is 2. The van der Waals surface area contributed by atoms with Gasteiger partial charge in [-0.1, -0.05) is 19.1 Å². The first-order valence-electron chi connectivity index (χ1n) is 11.0. The first kappa shape index (κ1) is 27.6. The van der Waals surface area contributed by atoms with Gasteiger partial charge in [0, 0.05) is 20.1 Å². The van der Waals surface area contributed by atoms with Crippen LogP contribution >= 0.6 is 0 Å². The Morgan fingerprint density at radius 2 is 1.66 bits per heavy atom. The summed E-state index contributed by atoms with van der Waals surface area (Å²) in [6, 6.07) is 9.45. The van der Waals surface area contributed by atoms with Crippen molar-refractivity contribution in [3.63, 3.8) is 0 Å². The third-order valence-corrected chi connectivity index (χ3v) is 5.20. The molecule has 0 radical (unpaired) electrons. The average Bonchev–Trinajstić information content (AvgIpc) is 2.74. The van der Waals surface area contributed by atoms with Gasteiger partial charge < -0.3 is 18.9 Å². The highest BCUT2D eigenvalue weighted by Gasteiger charge is 2.30. The smallest absolute Gasteiger partial charge is 0.338 e. The number of ether oxygens (including phenoxy) is 4. The first-order chi connectivity index (χ1) is 15.1. The largest absolute Gasteiger partial charge is 0.465 e. The summed E-state index contributed by atoms with van der Waals surface area (Å²) in [6.07, 6.45) is 1.26. The van der Waals surface area contributed by atoms with Gasteiger partial charge in [0.2, 0.25) is 0 Å². The van der Waals surface area contributed by atoms with Gasteiger partial charge in [-0.05, 0) is 70.6 Å². The van der Waals surface area contributed by atoms with Gasteiger partial charge in [-0.3, -0.25) is 4.79 Å². The number of nitriles is 1. The van der Waals surface area contributed by atoms with Gasteiger partial charge in [0.05, 0.1) is 18.2 Å². The van der Waals surface area contributed by atoms with Crippen LogP contribution < -0.4 is 0 Å². The minimum atomic E-state index is -0.865. The highest BCUT2D eigenvalue weighted by molar-refractivity contribution is 5.89. The summed E-state index contributed by atoms with van der Waals surface area (Å²) in [6.45, 7) is 9.56. The topological polar surface area (TPSA) is 94.9 Å². The maximum absolute atomic E-state index is 12.2. The van der Waals surface area contributed by atoms with Crippen molar-refractivity contribution in [3.05, 3.63) is 35.4 Å². The summed E-state index contributed by atoms with van der Waals surface area (Å²) in [7, 11) is 3.09. The van der Waals surface area contributed by atoms with Crippen LogP contribution in [0.25, 0.3) is 0 Å². The lowest BCUT2D eigenvalue weighted by Gasteiger charge is -2.27. The quantitative estimate of drug-likeness (QED) is 0.334. The van der Waals surface area contributed by atoms with E-state index in [2.05, 4.69) is 6.92 Å². The van der Waals surface area contributed by atoms with Crippen LogP contribution in [-0.2, 0) is 23.7 Å². The number of carbonyl (C=O) groups excluding carboxylic acids is 2. The normalized spacial score (nSPS) is 14.3. The molecule has 1 aromatic carbocycles. The molecule has 7 nitrogen and oxygen atoms in total. The monoisotopic (exact) mass is 447 g/mol. The van der Waals surface area contributed by atoms with E-state index >= 15 is 0 Å². The summed E-state index contributed by atoms with van der Waals surface area (Å²) in [5.41, 5.74) is 1.06. The van der Waals surface area contributed by atoms with Crippen molar-refractivity contribution in [2.24, 2.45) is 11.8 Å². The zero-order valence-corrected chi connectivity index (χ0v) is 20.3.